The van der Waals surface area contributed by atoms with Gasteiger partial charge in [-0.2, -0.15) is 0 Å². The van der Waals surface area contributed by atoms with Crippen LogP contribution < -0.4 is 0 Å². The van der Waals surface area contributed by atoms with Crippen LogP contribution in [0.5, 0.6) is 0 Å². The summed E-state index contributed by atoms with van der Waals surface area (Å²) in [7, 11) is 1.24. The molecule has 1 rings (SSSR count). The molecule has 0 aliphatic rings. The molecule has 0 atom stereocenters. The Morgan fingerprint density at radius 1 is 1.57 bits per heavy atom. The third-order valence-electron chi connectivity index (χ3n) is 1.62. The zero-order chi connectivity index (χ0) is 10.7. The molecule has 0 saturated carbocycles. The van der Waals surface area contributed by atoms with Crippen molar-refractivity contribution in [3.05, 3.63) is 32.8 Å². The van der Waals surface area contributed by atoms with Gasteiger partial charge >= 0.3 is 5.97 Å². The van der Waals surface area contributed by atoms with Crippen LogP contribution in [0.15, 0.2) is 16.6 Å². The van der Waals surface area contributed by atoms with E-state index in [1.54, 1.807) is 0 Å². The molecule has 1 aromatic carbocycles. The van der Waals surface area contributed by atoms with Gasteiger partial charge in [-0.1, -0.05) is 27.5 Å². The van der Waals surface area contributed by atoms with Crippen LogP contribution in [0.4, 0.5) is 0 Å². The number of methoxy groups -OCH3 is 1. The molecule has 5 heteroatoms. The fraction of sp³-hybridized carbons (Fsp3) is 0.111. The maximum absolute atomic E-state index is 11.2. The largest absolute Gasteiger partial charge is 0.465 e. The molecule has 0 saturated heterocycles. The van der Waals surface area contributed by atoms with E-state index in [2.05, 4.69) is 20.7 Å². The highest BCUT2D eigenvalue weighted by Crippen LogP contribution is 2.24. The number of rotatable bonds is 2. The lowest BCUT2D eigenvalue weighted by atomic mass is 10.1. The zero-order valence-electron chi connectivity index (χ0n) is 7.21. The summed E-state index contributed by atoms with van der Waals surface area (Å²) in [4.78, 5) is 21.9. The summed E-state index contributed by atoms with van der Waals surface area (Å²) in [5, 5.41) is 0.217. The standard InChI is InChI=1S/C9H6BrClO3/c1-14-9(13)6-2-5(10)3-8(11)7(6)4-12/h2-4H,1H3. The minimum Gasteiger partial charge on any atom is -0.465 e. The highest BCUT2D eigenvalue weighted by atomic mass is 79.9. The maximum atomic E-state index is 11.2. The number of benzene rings is 1. The van der Waals surface area contributed by atoms with E-state index >= 15 is 0 Å². The van der Waals surface area contributed by atoms with Crippen molar-refractivity contribution in [1.29, 1.82) is 0 Å². The topological polar surface area (TPSA) is 43.4 Å². The average Bonchev–Trinajstić information content (AvgIpc) is 2.15. The van der Waals surface area contributed by atoms with Crippen LogP contribution in [0.3, 0.4) is 0 Å². The molecular weight excluding hydrogens is 271 g/mol. The molecule has 0 spiro atoms. The first-order chi connectivity index (χ1) is 6.60. The van der Waals surface area contributed by atoms with E-state index < -0.39 is 5.97 Å². The first kappa shape index (κ1) is 11.2. The number of carbonyl (C=O) groups excluding carboxylic acids is 2. The van der Waals surface area contributed by atoms with Crippen LogP contribution in [-0.2, 0) is 4.74 Å². The lowest BCUT2D eigenvalue weighted by Gasteiger charge is -2.05. The predicted octanol–water partition coefficient (Wildman–Crippen LogP) is 2.70. The molecular formula is C9H6BrClO3. The number of aldehydes is 1. The SMILES string of the molecule is COC(=O)c1cc(Br)cc(Cl)c1C=O. The highest BCUT2D eigenvalue weighted by Gasteiger charge is 2.15. The summed E-state index contributed by atoms with van der Waals surface area (Å²) in [6, 6.07) is 3.03. The van der Waals surface area contributed by atoms with Gasteiger partial charge in [-0.05, 0) is 12.1 Å². The van der Waals surface area contributed by atoms with Crippen molar-refractivity contribution in [2.45, 2.75) is 0 Å². The van der Waals surface area contributed by atoms with Gasteiger partial charge in [-0.25, -0.2) is 4.79 Å². The average molecular weight is 278 g/mol. The van der Waals surface area contributed by atoms with Gasteiger partial charge in [0.1, 0.15) is 0 Å². The molecule has 0 aliphatic carbocycles. The van der Waals surface area contributed by atoms with Crippen molar-refractivity contribution in [2.24, 2.45) is 0 Å². The van der Waals surface area contributed by atoms with Crippen LogP contribution in [0, 0.1) is 0 Å². The molecule has 74 valence electrons. The van der Waals surface area contributed by atoms with Crippen LogP contribution in [-0.4, -0.2) is 19.4 Å². The van der Waals surface area contributed by atoms with Crippen LogP contribution in [0.1, 0.15) is 20.7 Å². The molecule has 14 heavy (non-hydrogen) atoms. The Morgan fingerprint density at radius 3 is 2.71 bits per heavy atom. The monoisotopic (exact) mass is 276 g/mol. The van der Waals surface area contributed by atoms with Crippen molar-refractivity contribution in [3.63, 3.8) is 0 Å². The lowest BCUT2D eigenvalue weighted by Crippen LogP contribution is -2.05. The second-order valence-electron chi connectivity index (χ2n) is 2.46. The zero-order valence-corrected chi connectivity index (χ0v) is 9.55. The van der Waals surface area contributed by atoms with Gasteiger partial charge in [0.15, 0.2) is 6.29 Å². The van der Waals surface area contributed by atoms with Crippen molar-refractivity contribution < 1.29 is 14.3 Å². The molecule has 0 heterocycles. The predicted molar refractivity (Wildman–Crippen MR) is 55.9 cm³/mol. The second-order valence-corrected chi connectivity index (χ2v) is 3.78. The Hall–Kier alpha value is -0.870. The van der Waals surface area contributed by atoms with Crippen molar-refractivity contribution in [3.8, 4) is 0 Å². The molecule has 0 aliphatic heterocycles. The van der Waals surface area contributed by atoms with Crippen LogP contribution >= 0.6 is 27.5 Å². The van der Waals surface area contributed by atoms with Gasteiger partial charge in [-0.3, -0.25) is 4.79 Å². The Morgan fingerprint density at radius 2 is 2.21 bits per heavy atom. The molecule has 0 amide bonds. The van der Waals surface area contributed by atoms with E-state index in [0.29, 0.717) is 10.8 Å². The third kappa shape index (κ3) is 2.13. The van der Waals surface area contributed by atoms with Gasteiger partial charge in [-0.15, -0.1) is 0 Å². The minimum atomic E-state index is -0.588. The second kappa shape index (κ2) is 4.57. The molecule has 0 radical (unpaired) electrons. The molecule has 0 aromatic heterocycles. The van der Waals surface area contributed by atoms with E-state index in [0.717, 1.165) is 0 Å². The molecule has 0 unspecified atom stereocenters. The summed E-state index contributed by atoms with van der Waals surface area (Å²) >= 11 is 8.93. The van der Waals surface area contributed by atoms with E-state index in [9.17, 15) is 9.59 Å². The Bertz CT molecular complexity index is 390. The smallest absolute Gasteiger partial charge is 0.338 e. The first-order valence-corrected chi connectivity index (χ1v) is 4.79. The van der Waals surface area contributed by atoms with Crippen molar-refractivity contribution in [1.82, 2.24) is 0 Å². The van der Waals surface area contributed by atoms with Crippen LogP contribution in [0.2, 0.25) is 5.02 Å². The van der Waals surface area contributed by atoms with E-state index in [1.165, 1.54) is 19.2 Å². The molecule has 0 N–H and O–H groups in total. The summed E-state index contributed by atoms with van der Waals surface area (Å²) in [6.45, 7) is 0. The highest BCUT2D eigenvalue weighted by molar-refractivity contribution is 9.10. The number of ether oxygens (including phenoxy) is 1. The van der Waals surface area contributed by atoms with Gasteiger partial charge in [0, 0.05) is 10.0 Å². The molecule has 3 nitrogen and oxygen atoms in total. The van der Waals surface area contributed by atoms with E-state index in [4.69, 9.17) is 11.6 Å². The lowest BCUT2D eigenvalue weighted by molar-refractivity contribution is 0.0598. The van der Waals surface area contributed by atoms with Crippen molar-refractivity contribution >= 4 is 39.8 Å². The van der Waals surface area contributed by atoms with Gasteiger partial charge < -0.3 is 4.74 Å². The number of esters is 1. The molecule has 0 fully saturated rings. The summed E-state index contributed by atoms with van der Waals surface area (Å²) < 4.78 is 5.13. The minimum absolute atomic E-state index is 0.140. The number of hydrogen-bond acceptors (Lipinski definition) is 3. The van der Waals surface area contributed by atoms with Crippen molar-refractivity contribution in [2.75, 3.05) is 7.11 Å². The summed E-state index contributed by atoms with van der Waals surface area (Å²) in [5.41, 5.74) is 0.295. The van der Waals surface area contributed by atoms with E-state index in [-0.39, 0.29) is 16.1 Å². The maximum Gasteiger partial charge on any atom is 0.338 e. The van der Waals surface area contributed by atoms with Crippen LogP contribution in [0.25, 0.3) is 0 Å². The molecule has 0 bridgehead atoms. The number of halogens is 2. The first-order valence-electron chi connectivity index (χ1n) is 3.62. The fourth-order valence-electron chi connectivity index (χ4n) is 0.983. The van der Waals surface area contributed by atoms with E-state index in [1.807, 2.05) is 0 Å². The normalized spacial score (nSPS) is 9.64. The van der Waals surface area contributed by atoms with Gasteiger partial charge in [0.2, 0.25) is 0 Å². The Kier molecular flexibility index (Phi) is 3.66. The number of carbonyl (C=O) groups is 2. The summed E-state index contributed by atoms with van der Waals surface area (Å²) in [6.07, 6.45) is 0.529. The van der Waals surface area contributed by atoms with Gasteiger partial charge in [0.25, 0.3) is 0 Å². The fourth-order valence-corrected chi connectivity index (χ4v) is 1.84. The Labute approximate surface area is 94.1 Å². The quantitative estimate of drug-likeness (QED) is 0.616. The summed E-state index contributed by atoms with van der Waals surface area (Å²) in [5.74, 6) is -0.588. The third-order valence-corrected chi connectivity index (χ3v) is 2.39. The number of hydrogen-bond donors (Lipinski definition) is 0. The van der Waals surface area contributed by atoms with Gasteiger partial charge in [0.05, 0.1) is 17.7 Å². The molecule has 1 aromatic rings. The Balaban J connectivity index is 3.39.